The Balaban J connectivity index is 3.49. The molecule has 0 atom stereocenters. The molecule has 0 aromatic carbocycles. The second-order valence-electron chi connectivity index (χ2n) is 4.00. The number of amides is 1. The Morgan fingerprint density at radius 1 is 1.11 bits per heavy atom. The van der Waals surface area contributed by atoms with Gasteiger partial charge in [-0.25, -0.2) is 0 Å². The van der Waals surface area contributed by atoms with Crippen molar-refractivity contribution in [3.63, 3.8) is 0 Å². The highest BCUT2D eigenvalue weighted by Crippen LogP contribution is 2.14. The Morgan fingerprint density at radius 2 is 1.68 bits per heavy atom. The van der Waals surface area contributed by atoms with Crippen LogP contribution >= 0.6 is 0 Å². The molecule has 112 valence electrons. The Bertz CT molecular complexity index is 252. The lowest BCUT2D eigenvalue weighted by atomic mass is 10.4. The normalized spacial score (nSPS) is 11.3. The van der Waals surface area contributed by atoms with E-state index in [9.17, 15) is 4.79 Å². The van der Waals surface area contributed by atoms with Gasteiger partial charge in [0, 0.05) is 33.9 Å². The molecule has 0 aromatic rings. The van der Waals surface area contributed by atoms with Crippen LogP contribution < -0.4 is 10.6 Å². The third-order valence-corrected chi connectivity index (χ3v) is 5.62. The number of hydrogen-bond acceptors (Lipinski definition) is 5. The molecule has 0 spiro atoms. The van der Waals surface area contributed by atoms with E-state index in [0.29, 0.717) is 6.54 Å². The molecule has 0 radical (unpaired) electrons. The number of carbonyl (C=O) groups is 1. The van der Waals surface area contributed by atoms with Gasteiger partial charge in [0.1, 0.15) is 0 Å². The zero-order valence-corrected chi connectivity index (χ0v) is 13.2. The van der Waals surface area contributed by atoms with Gasteiger partial charge in [0.15, 0.2) is 0 Å². The van der Waals surface area contributed by atoms with Gasteiger partial charge in [0.2, 0.25) is 5.91 Å². The van der Waals surface area contributed by atoms with E-state index >= 15 is 0 Å². The lowest BCUT2D eigenvalue weighted by Crippen LogP contribution is -2.43. The summed E-state index contributed by atoms with van der Waals surface area (Å²) >= 11 is 0. The third-order valence-electron chi connectivity index (χ3n) is 2.78. The Hall–Kier alpha value is -0.733. The molecule has 0 aliphatic carbocycles. The minimum atomic E-state index is -2.42. The summed E-state index contributed by atoms with van der Waals surface area (Å²) in [6.45, 7) is 5.78. The van der Waals surface area contributed by atoms with Crippen LogP contribution in [-0.4, -0.2) is 55.7 Å². The first-order valence-electron chi connectivity index (χ1n) is 6.40. The van der Waals surface area contributed by atoms with Crippen molar-refractivity contribution < 1.29 is 18.1 Å². The Labute approximate surface area is 116 Å². The molecule has 19 heavy (non-hydrogen) atoms. The standard InChI is InChI=1S/C12H26N2O4Si/c1-5-12(15)14-10-6-8-13-9-7-11-19(16-2,17-3)18-4/h5,13H,1,6-11H2,2-4H3,(H,14,15). The monoisotopic (exact) mass is 290 g/mol. The second-order valence-corrected chi connectivity index (χ2v) is 7.09. The SMILES string of the molecule is C=CC(=O)NCCCNCCC[Si](OC)(OC)OC. The van der Waals surface area contributed by atoms with Crippen LogP contribution in [0.5, 0.6) is 0 Å². The van der Waals surface area contributed by atoms with Gasteiger partial charge < -0.3 is 23.9 Å². The topological polar surface area (TPSA) is 68.8 Å². The van der Waals surface area contributed by atoms with E-state index in [4.69, 9.17) is 13.3 Å². The van der Waals surface area contributed by atoms with E-state index in [1.807, 2.05) is 0 Å². The van der Waals surface area contributed by atoms with Crippen molar-refractivity contribution in [2.45, 2.75) is 18.9 Å². The van der Waals surface area contributed by atoms with Gasteiger partial charge in [-0.15, -0.1) is 0 Å². The smallest absolute Gasteiger partial charge is 0.377 e. The highest BCUT2D eigenvalue weighted by molar-refractivity contribution is 6.60. The van der Waals surface area contributed by atoms with Gasteiger partial charge in [0.05, 0.1) is 0 Å². The lowest BCUT2D eigenvalue weighted by Gasteiger charge is -2.24. The zero-order valence-electron chi connectivity index (χ0n) is 12.2. The van der Waals surface area contributed by atoms with Gasteiger partial charge in [-0.05, 0) is 32.0 Å². The first-order valence-corrected chi connectivity index (χ1v) is 8.33. The van der Waals surface area contributed by atoms with Crippen molar-refractivity contribution >= 4 is 14.7 Å². The molecule has 0 aliphatic rings. The first-order chi connectivity index (χ1) is 9.14. The lowest BCUT2D eigenvalue weighted by molar-refractivity contribution is -0.116. The second kappa shape index (κ2) is 11.1. The number of carbonyl (C=O) groups excluding carboxylic acids is 1. The quantitative estimate of drug-likeness (QED) is 0.312. The molecule has 2 N–H and O–H groups in total. The van der Waals surface area contributed by atoms with E-state index in [-0.39, 0.29) is 5.91 Å². The van der Waals surface area contributed by atoms with Crippen molar-refractivity contribution in [3.8, 4) is 0 Å². The highest BCUT2D eigenvalue weighted by atomic mass is 28.4. The zero-order chi connectivity index (χ0) is 14.6. The fraction of sp³-hybridized carbons (Fsp3) is 0.750. The molecule has 0 saturated carbocycles. The summed E-state index contributed by atoms with van der Waals surface area (Å²) in [4.78, 5) is 10.9. The molecule has 0 fully saturated rings. The molecular formula is C12H26N2O4Si. The van der Waals surface area contributed by atoms with Crippen LogP contribution in [0.3, 0.4) is 0 Å². The van der Waals surface area contributed by atoms with Crippen LogP contribution in [0, 0.1) is 0 Å². The summed E-state index contributed by atoms with van der Waals surface area (Å²) in [6.07, 6.45) is 3.10. The van der Waals surface area contributed by atoms with Crippen molar-refractivity contribution in [1.82, 2.24) is 10.6 Å². The van der Waals surface area contributed by atoms with Crippen LogP contribution in [0.4, 0.5) is 0 Å². The summed E-state index contributed by atoms with van der Waals surface area (Å²) in [5, 5.41) is 6.03. The maximum atomic E-state index is 10.9. The largest absolute Gasteiger partial charge is 0.500 e. The summed E-state index contributed by atoms with van der Waals surface area (Å²) in [5.41, 5.74) is 0. The van der Waals surface area contributed by atoms with Gasteiger partial charge in [-0.2, -0.15) is 0 Å². The number of rotatable bonds is 12. The van der Waals surface area contributed by atoms with Crippen molar-refractivity contribution in [1.29, 1.82) is 0 Å². The van der Waals surface area contributed by atoms with E-state index in [2.05, 4.69) is 17.2 Å². The molecule has 0 rings (SSSR count). The van der Waals surface area contributed by atoms with Crippen LogP contribution in [0.25, 0.3) is 0 Å². The van der Waals surface area contributed by atoms with Crippen LogP contribution in [0.2, 0.25) is 6.04 Å². The fourth-order valence-electron chi connectivity index (χ4n) is 1.61. The number of nitrogens with one attached hydrogen (secondary N) is 2. The molecule has 0 bridgehead atoms. The van der Waals surface area contributed by atoms with Crippen molar-refractivity contribution in [2.24, 2.45) is 0 Å². The first kappa shape index (κ1) is 18.3. The van der Waals surface area contributed by atoms with Crippen molar-refractivity contribution in [3.05, 3.63) is 12.7 Å². The number of hydrogen-bond donors (Lipinski definition) is 2. The molecular weight excluding hydrogens is 264 g/mol. The van der Waals surface area contributed by atoms with E-state index in [1.165, 1.54) is 6.08 Å². The van der Waals surface area contributed by atoms with Crippen molar-refractivity contribution in [2.75, 3.05) is 41.0 Å². The average Bonchev–Trinajstić information content (AvgIpc) is 2.46. The minimum absolute atomic E-state index is 0.129. The van der Waals surface area contributed by atoms with Crippen LogP contribution in [0.15, 0.2) is 12.7 Å². The average molecular weight is 290 g/mol. The van der Waals surface area contributed by atoms with E-state index < -0.39 is 8.80 Å². The maximum Gasteiger partial charge on any atom is 0.500 e. The van der Waals surface area contributed by atoms with E-state index in [1.54, 1.807) is 21.3 Å². The molecule has 0 saturated heterocycles. The molecule has 0 aromatic heterocycles. The van der Waals surface area contributed by atoms with Gasteiger partial charge in [0.25, 0.3) is 0 Å². The summed E-state index contributed by atoms with van der Waals surface area (Å²) < 4.78 is 16.0. The minimum Gasteiger partial charge on any atom is -0.377 e. The fourth-order valence-corrected chi connectivity index (χ4v) is 3.33. The summed E-state index contributed by atoms with van der Waals surface area (Å²) in [7, 11) is 2.44. The Morgan fingerprint density at radius 3 is 2.21 bits per heavy atom. The van der Waals surface area contributed by atoms with E-state index in [0.717, 1.165) is 32.0 Å². The molecule has 1 amide bonds. The van der Waals surface area contributed by atoms with Crippen LogP contribution in [-0.2, 0) is 18.1 Å². The molecule has 0 unspecified atom stereocenters. The maximum absolute atomic E-state index is 10.9. The molecule has 6 nitrogen and oxygen atoms in total. The van der Waals surface area contributed by atoms with Gasteiger partial charge in [-0.3, -0.25) is 4.79 Å². The molecule has 0 aliphatic heterocycles. The van der Waals surface area contributed by atoms with Gasteiger partial charge in [-0.1, -0.05) is 6.58 Å². The van der Waals surface area contributed by atoms with Crippen LogP contribution in [0.1, 0.15) is 12.8 Å². The molecule has 0 heterocycles. The predicted molar refractivity (Wildman–Crippen MR) is 76.9 cm³/mol. The highest BCUT2D eigenvalue weighted by Gasteiger charge is 2.36. The summed E-state index contributed by atoms with van der Waals surface area (Å²) in [6, 6.07) is 0.788. The molecule has 7 heteroatoms. The summed E-state index contributed by atoms with van der Waals surface area (Å²) in [5.74, 6) is -0.129. The van der Waals surface area contributed by atoms with Gasteiger partial charge >= 0.3 is 8.80 Å². The predicted octanol–water partition coefficient (Wildman–Crippen LogP) is 0.537. The third kappa shape index (κ3) is 8.12. The Kier molecular flexibility index (Phi) is 10.7.